The van der Waals surface area contributed by atoms with Gasteiger partial charge in [-0.25, -0.2) is 13.2 Å². The Labute approximate surface area is 256 Å². The lowest BCUT2D eigenvalue weighted by Gasteiger charge is -2.36. The molecule has 248 valence electrons. The highest BCUT2D eigenvalue weighted by molar-refractivity contribution is 7.91. The Morgan fingerprint density at radius 2 is 1.82 bits per heavy atom. The zero-order valence-electron chi connectivity index (χ0n) is 25.3. The molecule has 44 heavy (non-hydrogen) atoms. The molecular formula is C29H42F3N2O8PS. The third-order valence-corrected chi connectivity index (χ3v) is 10.7. The van der Waals surface area contributed by atoms with Crippen LogP contribution in [0.25, 0.3) is 0 Å². The summed E-state index contributed by atoms with van der Waals surface area (Å²) in [5, 5.41) is 14.0. The van der Waals surface area contributed by atoms with Gasteiger partial charge in [0.1, 0.15) is 5.75 Å². The topological polar surface area (TPSA) is 151 Å². The molecule has 2 aromatic rings. The molecule has 0 bridgehead atoms. The number of ether oxygens (including phenoxy) is 1. The second-order valence-electron chi connectivity index (χ2n) is 10.4. The number of rotatable bonds is 13. The maximum Gasteiger partial charge on any atom is 0.490 e. The Bertz CT molecular complexity index is 1390. The van der Waals surface area contributed by atoms with E-state index in [9.17, 15) is 31.0 Å². The van der Waals surface area contributed by atoms with E-state index in [4.69, 9.17) is 19.2 Å². The van der Waals surface area contributed by atoms with Crippen LogP contribution in [-0.4, -0.2) is 68.3 Å². The zero-order valence-corrected chi connectivity index (χ0v) is 27.0. The molecule has 0 aromatic heterocycles. The number of methoxy groups -OCH3 is 1. The predicted molar refractivity (Wildman–Crippen MR) is 161 cm³/mol. The summed E-state index contributed by atoms with van der Waals surface area (Å²) in [6, 6.07) is 13.2. The second-order valence-corrected chi connectivity index (χ2v) is 14.4. The van der Waals surface area contributed by atoms with Crippen molar-refractivity contribution in [1.29, 1.82) is 0 Å². The molecule has 0 radical (unpaired) electrons. The summed E-state index contributed by atoms with van der Waals surface area (Å²) in [6.07, 6.45) is -1.74. The molecular weight excluding hydrogens is 624 g/mol. The Hall–Kier alpha value is -2.48. The van der Waals surface area contributed by atoms with Gasteiger partial charge in [0.15, 0.2) is 9.84 Å². The molecule has 0 saturated carbocycles. The highest BCUT2D eigenvalue weighted by Crippen LogP contribution is 2.42. The van der Waals surface area contributed by atoms with Crippen LogP contribution in [0.2, 0.25) is 0 Å². The minimum atomic E-state index is -5.08. The molecule has 3 rings (SSSR count). The van der Waals surface area contributed by atoms with Crippen LogP contribution in [0.3, 0.4) is 0 Å². The van der Waals surface area contributed by atoms with Gasteiger partial charge in [0.05, 0.1) is 36.6 Å². The van der Waals surface area contributed by atoms with Gasteiger partial charge in [0.2, 0.25) is 0 Å². The van der Waals surface area contributed by atoms with Crippen LogP contribution < -0.4 is 15.4 Å². The molecule has 1 aliphatic rings. The highest BCUT2D eigenvalue weighted by Gasteiger charge is 2.42. The van der Waals surface area contributed by atoms with Crippen LogP contribution in [0.15, 0.2) is 47.4 Å². The highest BCUT2D eigenvalue weighted by atomic mass is 32.2. The monoisotopic (exact) mass is 666 g/mol. The largest absolute Gasteiger partial charge is 0.496 e. The van der Waals surface area contributed by atoms with Crippen LogP contribution in [0.1, 0.15) is 69.2 Å². The minimum Gasteiger partial charge on any atom is -0.496 e. The average molecular weight is 667 g/mol. The maximum atomic E-state index is 13.9. The summed E-state index contributed by atoms with van der Waals surface area (Å²) in [4.78, 5) is 19.0. The van der Waals surface area contributed by atoms with Gasteiger partial charge in [0, 0.05) is 24.2 Å². The number of aliphatic carboxylic acids is 1. The average Bonchev–Trinajstić information content (AvgIpc) is 3.05. The number of benzene rings is 2. The number of sulfone groups is 1. The van der Waals surface area contributed by atoms with Crippen LogP contribution in [0.5, 0.6) is 5.75 Å². The molecule has 0 aliphatic carbocycles. The van der Waals surface area contributed by atoms with Crippen molar-refractivity contribution in [3.63, 3.8) is 0 Å². The van der Waals surface area contributed by atoms with E-state index in [1.807, 2.05) is 43.3 Å². The van der Waals surface area contributed by atoms with Gasteiger partial charge in [-0.15, -0.1) is 0 Å². The maximum absolute atomic E-state index is 13.9. The fourth-order valence-corrected chi connectivity index (χ4v) is 8.11. The van der Waals surface area contributed by atoms with Crippen LogP contribution in [0, 0.1) is 0 Å². The summed E-state index contributed by atoms with van der Waals surface area (Å²) >= 11 is 0. The minimum absolute atomic E-state index is 0.0219. The molecule has 0 fully saturated rings. The van der Waals surface area contributed by atoms with E-state index in [1.165, 1.54) is 0 Å². The van der Waals surface area contributed by atoms with Crippen molar-refractivity contribution in [2.45, 2.75) is 75.7 Å². The van der Waals surface area contributed by atoms with E-state index in [1.54, 1.807) is 20.1 Å². The Kier molecular flexibility index (Phi) is 13.9. The lowest BCUT2D eigenvalue weighted by atomic mass is 9.88. The van der Waals surface area contributed by atoms with Crippen molar-refractivity contribution < 1.29 is 50.2 Å². The van der Waals surface area contributed by atoms with Gasteiger partial charge in [-0.1, -0.05) is 57.0 Å². The van der Waals surface area contributed by atoms with Crippen molar-refractivity contribution in [2.24, 2.45) is 0 Å². The molecule has 2 aromatic carbocycles. The number of carboxylic acids is 1. The third kappa shape index (κ3) is 10.6. The van der Waals surface area contributed by atoms with Gasteiger partial charge in [-0.05, 0) is 43.0 Å². The first-order valence-electron chi connectivity index (χ1n) is 14.3. The predicted octanol–water partition coefficient (Wildman–Crippen LogP) is 5.45. The van der Waals surface area contributed by atoms with Crippen molar-refractivity contribution in [3.8, 4) is 5.75 Å². The van der Waals surface area contributed by atoms with Crippen molar-refractivity contribution in [1.82, 2.24) is 10.6 Å². The van der Waals surface area contributed by atoms with Gasteiger partial charge >= 0.3 is 19.7 Å². The van der Waals surface area contributed by atoms with Gasteiger partial charge in [-0.3, -0.25) is 9.88 Å². The number of carbonyl (C=O) groups is 1. The number of hydrogen-bond acceptors (Lipinski definition) is 8. The smallest absolute Gasteiger partial charge is 0.490 e. The summed E-state index contributed by atoms with van der Waals surface area (Å²) in [5.41, 5.74) is 1.80. The van der Waals surface area contributed by atoms with Gasteiger partial charge in [0.25, 0.3) is 0 Å². The fourth-order valence-electron chi connectivity index (χ4n) is 4.97. The lowest BCUT2D eigenvalue weighted by molar-refractivity contribution is -0.192. The molecule has 3 atom stereocenters. The third-order valence-electron chi connectivity index (χ3n) is 7.25. The van der Waals surface area contributed by atoms with Crippen LogP contribution in [0.4, 0.5) is 13.2 Å². The number of hydrogen-bond donors (Lipinski definition) is 4. The fraction of sp³-hybridized carbons (Fsp3) is 0.552. The van der Waals surface area contributed by atoms with E-state index >= 15 is 0 Å². The zero-order chi connectivity index (χ0) is 33.2. The van der Waals surface area contributed by atoms with E-state index in [0.29, 0.717) is 28.2 Å². The van der Waals surface area contributed by atoms with Crippen molar-refractivity contribution in [2.75, 3.05) is 32.2 Å². The first-order chi connectivity index (χ1) is 20.5. The second kappa shape index (κ2) is 16.2. The Balaban J connectivity index is 0.000000860. The molecule has 15 heteroatoms. The number of unbranched alkanes of at least 4 members (excludes halogenated alkanes) is 1. The SMILES string of the molecule is CCCC[C@]1(CC)CS(=O)(=O)c2cc(CNCCP(=O)(O)OCC)c(OC)cc2[C@@H](c2ccccc2)N1.O=C(O)C(F)(F)F. The van der Waals surface area contributed by atoms with Gasteiger partial charge < -0.3 is 24.6 Å². The quantitative estimate of drug-likeness (QED) is 0.161. The summed E-state index contributed by atoms with van der Waals surface area (Å²) in [5.74, 6) is -2.17. The summed E-state index contributed by atoms with van der Waals surface area (Å²) in [6.45, 7) is 6.53. The van der Waals surface area contributed by atoms with Crippen LogP contribution >= 0.6 is 7.60 Å². The number of nitrogens with one attached hydrogen (secondary N) is 2. The first kappa shape index (κ1) is 37.7. The molecule has 0 saturated heterocycles. The van der Waals surface area contributed by atoms with Crippen molar-refractivity contribution in [3.05, 3.63) is 59.2 Å². The van der Waals surface area contributed by atoms with Crippen molar-refractivity contribution >= 4 is 23.4 Å². The standard InChI is InChI=1S/C27H41N2O6PS.C2HF3O2/c1-5-8-14-27(6-2)20-37(32,33)25-17-22(19-28-15-16-36(30,31)35-7-3)24(34-4)18-23(25)26(29-27)21-12-10-9-11-13-21;3-2(4,5)1(6)7/h9-13,17-18,26,28-29H,5-8,14-16,19-20H2,1-4H3,(H,30,31);(H,6,7)/t26-,27-;/m1./s1. The summed E-state index contributed by atoms with van der Waals surface area (Å²) in [7, 11) is -5.71. The lowest BCUT2D eigenvalue weighted by Crippen LogP contribution is -2.50. The molecule has 1 unspecified atom stereocenters. The number of fused-ring (bicyclic) bond motifs is 1. The van der Waals surface area contributed by atoms with Gasteiger partial charge in [-0.2, -0.15) is 13.2 Å². The van der Waals surface area contributed by atoms with E-state index in [-0.39, 0.29) is 37.7 Å². The Morgan fingerprint density at radius 3 is 2.34 bits per heavy atom. The summed E-state index contributed by atoms with van der Waals surface area (Å²) < 4.78 is 82.1. The normalized spacial score (nSPS) is 20.8. The molecule has 0 spiro atoms. The molecule has 10 nitrogen and oxygen atoms in total. The first-order valence-corrected chi connectivity index (χ1v) is 17.7. The van der Waals surface area contributed by atoms with Crippen LogP contribution in [-0.2, 0) is 30.3 Å². The number of halogens is 3. The Morgan fingerprint density at radius 1 is 1.18 bits per heavy atom. The molecule has 0 amide bonds. The molecule has 1 heterocycles. The molecule has 1 aliphatic heterocycles. The van der Waals surface area contributed by atoms with E-state index in [2.05, 4.69) is 17.6 Å². The van der Waals surface area contributed by atoms with E-state index in [0.717, 1.165) is 24.8 Å². The number of carboxylic acid groups (broad SMARTS) is 1. The molecule has 4 N–H and O–H groups in total. The number of alkyl halides is 3. The van der Waals surface area contributed by atoms with E-state index < -0.39 is 35.1 Å².